The Morgan fingerprint density at radius 1 is 0.781 bits per heavy atom. The van der Waals surface area contributed by atoms with Gasteiger partial charge in [0, 0.05) is 23.2 Å². The van der Waals surface area contributed by atoms with Crippen molar-refractivity contribution in [2.75, 3.05) is 6.51 Å². The zero-order chi connectivity index (χ0) is 22.8. The fourth-order valence-corrected chi connectivity index (χ4v) is 4.02. The molecule has 3 aromatic rings. The minimum atomic E-state index is -1.13. The summed E-state index contributed by atoms with van der Waals surface area (Å²) in [5, 5.41) is 0. The van der Waals surface area contributed by atoms with Crippen molar-refractivity contribution < 1.29 is 22.3 Å². The van der Waals surface area contributed by atoms with Crippen LogP contribution in [0.25, 0.3) is 27.8 Å². The normalized spacial score (nSPS) is 16.0. The second-order valence-electron chi connectivity index (χ2n) is 8.03. The van der Waals surface area contributed by atoms with E-state index in [1.807, 2.05) is 6.08 Å². The van der Waals surface area contributed by atoms with Crippen LogP contribution in [-0.2, 0) is 0 Å². The Kier molecular flexibility index (Phi) is 6.40. The minimum Gasteiger partial charge on any atom is -0.500 e. The number of rotatable bonds is 5. The summed E-state index contributed by atoms with van der Waals surface area (Å²) >= 11 is 0. The second-order valence-corrected chi connectivity index (χ2v) is 8.03. The summed E-state index contributed by atoms with van der Waals surface area (Å²) in [7, 11) is 5.21. The summed E-state index contributed by atoms with van der Waals surface area (Å²) < 4.78 is 63.2. The van der Waals surface area contributed by atoms with E-state index in [-0.39, 0.29) is 23.4 Å². The molecule has 0 aromatic heterocycles. The Labute approximate surface area is 186 Å². The number of hydrogen-bond donors (Lipinski definition) is 0. The van der Waals surface area contributed by atoms with Crippen LogP contribution in [0.1, 0.15) is 31.7 Å². The largest absolute Gasteiger partial charge is 0.500 e. The van der Waals surface area contributed by atoms with E-state index < -0.39 is 23.3 Å². The Morgan fingerprint density at radius 2 is 1.31 bits per heavy atom. The molecule has 3 aromatic carbocycles. The molecule has 6 heteroatoms. The van der Waals surface area contributed by atoms with Gasteiger partial charge < -0.3 is 4.74 Å². The topological polar surface area (TPSA) is 9.23 Å². The molecular formula is C26H21BF4O. The van der Waals surface area contributed by atoms with Crippen LogP contribution in [0, 0.1) is 29.2 Å². The first-order valence-corrected chi connectivity index (χ1v) is 10.5. The van der Waals surface area contributed by atoms with Crippen molar-refractivity contribution >= 4 is 13.4 Å². The summed E-state index contributed by atoms with van der Waals surface area (Å²) in [5.74, 6) is -3.71. The third-order valence-corrected chi connectivity index (χ3v) is 5.89. The first-order valence-electron chi connectivity index (χ1n) is 10.5. The molecule has 162 valence electrons. The van der Waals surface area contributed by atoms with E-state index >= 15 is 0 Å². The summed E-state index contributed by atoms with van der Waals surface area (Å²) in [6.07, 6.45) is 4.52. The Hall–Kier alpha value is -3.02. The van der Waals surface area contributed by atoms with Crippen LogP contribution < -0.4 is 4.74 Å². The first kappa shape index (κ1) is 22.2. The zero-order valence-electron chi connectivity index (χ0n) is 17.6. The fraction of sp³-hybridized carbons (Fsp3) is 0.231. The van der Waals surface area contributed by atoms with Crippen LogP contribution in [0.5, 0.6) is 5.75 Å². The number of allylic oxidation sites excluding steroid dienone is 2. The molecule has 0 aliphatic heterocycles. The van der Waals surface area contributed by atoms with Crippen molar-refractivity contribution in [3.8, 4) is 28.0 Å². The molecule has 1 atom stereocenters. The molecule has 0 N–H and O–H groups in total. The Balaban J connectivity index is 1.64. The molecule has 1 nitrogen and oxygen atoms in total. The van der Waals surface area contributed by atoms with Crippen molar-refractivity contribution in [3.63, 3.8) is 0 Å². The van der Waals surface area contributed by atoms with Crippen molar-refractivity contribution in [2.45, 2.75) is 26.2 Å². The molecule has 0 saturated heterocycles. The average Bonchev–Trinajstić information content (AvgIpc) is 2.80. The number of benzene rings is 3. The summed E-state index contributed by atoms with van der Waals surface area (Å²) in [5.41, 5.74) is 2.10. The maximum absolute atomic E-state index is 14.9. The van der Waals surface area contributed by atoms with E-state index in [2.05, 4.69) is 6.92 Å². The lowest BCUT2D eigenvalue weighted by molar-refractivity contribution is 0.352. The minimum absolute atomic E-state index is 0.0267. The highest BCUT2D eigenvalue weighted by molar-refractivity contribution is 6.08. The molecule has 2 radical (unpaired) electrons. The molecule has 0 bridgehead atoms. The van der Waals surface area contributed by atoms with Gasteiger partial charge in [-0.1, -0.05) is 49.4 Å². The van der Waals surface area contributed by atoms with Gasteiger partial charge in [-0.2, -0.15) is 4.39 Å². The highest BCUT2D eigenvalue weighted by Crippen LogP contribution is 2.36. The molecule has 32 heavy (non-hydrogen) atoms. The van der Waals surface area contributed by atoms with Gasteiger partial charge in [-0.25, -0.2) is 13.2 Å². The van der Waals surface area contributed by atoms with Gasteiger partial charge in [-0.3, -0.25) is 0 Å². The maximum Gasteiger partial charge on any atom is 0.201 e. The Bertz CT molecular complexity index is 1170. The summed E-state index contributed by atoms with van der Waals surface area (Å²) in [6.45, 7) is 1.86. The van der Waals surface area contributed by atoms with Crippen LogP contribution in [0.15, 0.2) is 54.6 Å². The summed E-state index contributed by atoms with van der Waals surface area (Å²) in [4.78, 5) is 0. The molecule has 1 aliphatic rings. The lowest BCUT2D eigenvalue weighted by Crippen LogP contribution is -2.04. The third-order valence-electron chi connectivity index (χ3n) is 5.89. The average molecular weight is 436 g/mol. The van der Waals surface area contributed by atoms with E-state index in [4.69, 9.17) is 12.6 Å². The number of hydrogen-bond acceptors (Lipinski definition) is 1. The molecule has 1 aliphatic carbocycles. The molecule has 0 saturated carbocycles. The SMILES string of the molecule is [B]COc1ccc(-c2ccc(-c3ccc(C4=CCC(C)CC4)c(F)c3F)cc2)c(F)c1F. The Morgan fingerprint density at radius 3 is 1.88 bits per heavy atom. The van der Waals surface area contributed by atoms with Gasteiger partial charge in [0.25, 0.3) is 0 Å². The van der Waals surface area contributed by atoms with Crippen LogP contribution in [-0.4, -0.2) is 14.4 Å². The van der Waals surface area contributed by atoms with Crippen LogP contribution in [0.4, 0.5) is 17.6 Å². The molecular weight excluding hydrogens is 415 g/mol. The van der Waals surface area contributed by atoms with Crippen molar-refractivity contribution in [2.24, 2.45) is 5.92 Å². The van der Waals surface area contributed by atoms with Crippen LogP contribution in [0.2, 0.25) is 0 Å². The zero-order valence-corrected chi connectivity index (χ0v) is 17.6. The van der Waals surface area contributed by atoms with Gasteiger partial charge >= 0.3 is 0 Å². The quantitative estimate of drug-likeness (QED) is 0.302. The molecule has 0 heterocycles. The maximum atomic E-state index is 14.9. The van der Waals surface area contributed by atoms with E-state index in [1.165, 1.54) is 24.3 Å². The molecule has 1 unspecified atom stereocenters. The van der Waals surface area contributed by atoms with Crippen molar-refractivity contribution in [1.29, 1.82) is 0 Å². The second kappa shape index (κ2) is 9.23. The van der Waals surface area contributed by atoms with Gasteiger partial charge in [0.1, 0.15) is 7.85 Å². The lowest BCUT2D eigenvalue weighted by atomic mass is 9.87. The van der Waals surface area contributed by atoms with Gasteiger partial charge in [-0.05, 0) is 54.0 Å². The summed E-state index contributed by atoms with van der Waals surface area (Å²) in [6, 6.07) is 12.0. The first-order chi connectivity index (χ1) is 15.4. The van der Waals surface area contributed by atoms with E-state index in [0.717, 1.165) is 24.8 Å². The molecule has 0 spiro atoms. The monoisotopic (exact) mass is 436 g/mol. The fourth-order valence-electron chi connectivity index (χ4n) is 4.02. The van der Waals surface area contributed by atoms with E-state index in [9.17, 15) is 17.6 Å². The predicted octanol–water partition coefficient (Wildman–Crippen LogP) is 7.29. The lowest BCUT2D eigenvalue weighted by Gasteiger charge is -2.19. The highest BCUT2D eigenvalue weighted by Gasteiger charge is 2.20. The third kappa shape index (κ3) is 4.18. The standard InChI is InChI=1S/C26H21BF4O/c1-15-2-4-16(5-3-15)19-10-11-20(24(29)23(19)28)17-6-8-18(9-7-17)21-12-13-22(32-14-27)26(31)25(21)30/h4,6-13,15H,2-3,5,14H2,1H3. The van der Waals surface area contributed by atoms with Crippen LogP contribution >= 0.6 is 0 Å². The number of ether oxygens (including phenoxy) is 1. The van der Waals surface area contributed by atoms with Crippen molar-refractivity contribution in [3.05, 3.63) is 83.4 Å². The van der Waals surface area contributed by atoms with Gasteiger partial charge in [0.05, 0.1) is 0 Å². The number of halogens is 4. The van der Waals surface area contributed by atoms with Crippen LogP contribution in [0.3, 0.4) is 0 Å². The van der Waals surface area contributed by atoms with Gasteiger partial charge in [-0.15, -0.1) is 0 Å². The van der Waals surface area contributed by atoms with E-state index in [0.29, 0.717) is 22.6 Å². The smallest absolute Gasteiger partial charge is 0.201 e. The predicted molar refractivity (Wildman–Crippen MR) is 119 cm³/mol. The molecule has 0 fully saturated rings. The molecule has 0 amide bonds. The van der Waals surface area contributed by atoms with Gasteiger partial charge in [0.15, 0.2) is 23.2 Å². The molecule has 4 rings (SSSR count). The van der Waals surface area contributed by atoms with E-state index in [1.54, 1.807) is 24.3 Å². The van der Waals surface area contributed by atoms with Gasteiger partial charge in [0.2, 0.25) is 5.82 Å². The highest BCUT2D eigenvalue weighted by atomic mass is 19.2. The van der Waals surface area contributed by atoms with Crippen molar-refractivity contribution in [1.82, 2.24) is 0 Å².